The molecule has 1 unspecified atom stereocenters. The monoisotopic (exact) mass is 444 g/mol. The molecule has 2 heterocycles. The van der Waals surface area contributed by atoms with Crippen molar-refractivity contribution in [2.45, 2.75) is 46.0 Å². The number of para-hydroxylation sites is 2. The first-order valence-corrected chi connectivity index (χ1v) is 11.2. The number of benzene rings is 2. The Balaban J connectivity index is 1.33. The molecule has 0 bridgehead atoms. The van der Waals surface area contributed by atoms with Crippen LogP contribution in [0.1, 0.15) is 37.4 Å². The van der Waals surface area contributed by atoms with Crippen LogP contribution in [0.5, 0.6) is 5.75 Å². The van der Waals surface area contributed by atoms with Gasteiger partial charge in [0.05, 0.1) is 17.1 Å². The molecule has 2 aromatic carbocycles. The molecule has 4 rings (SSSR count). The number of hydrogen-bond acceptors (Lipinski definition) is 4. The summed E-state index contributed by atoms with van der Waals surface area (Å²) in [5, 5.41) is 3.02. The first-order valence-electron chi connectivity index (χ1n) is 11.2. The van der Waals surface area contributed by atoms with Gasteiger partial charge in [-0.05, 0) is 49.7 Å². The van der Waals surface area contributed by atoms with Crippen molar-refractivity contribution in [3.63, 3.8) is 0 Å². The predicted molar refractivity (Wildman–Crippen MR) is 128 cm³/mol. The zero-order valence-corrected chi connectivity index (χ0v) is 18.9. The summed E-state index contributed by atoms with van der Waals surface area (Å²) in [6.07, 6.45) is 3.74. The number of ether oxygens (including phenoxy) is 1. The molecule has 0 aliphatic carbocycles. The Morgan fingerprint density at radius 3 is 2.42 bits per heavy atom. The van der Waals surface area contributed by atoms with Gasteiger partial charge in [0, 0.05) is 37.5 Å². The van der Waals surface area contributed by atoms with Crippen molar-refractivity contribution in [2.24, 2.45) is 0 Å². The SMILES string of the molecule is CCn1c(=O)n(CCC(=O)NC(C)c2ccc(OCc3cccnc3)cc2)c2ccccc21. The van der Waals surface area contributed by atoms with Crippen LogP contribution in [-0.2, 0) is 24.5 Å². The molecule has 0 saturated heterocycles. The molecular formula is C26H28N4O3. The lowest BCUT2D eigenvalue weighted by Gasteiger charge is -2.15. The highest BCUT2D eigenvalue weighted by Crippen LogP contribution is 2.19. The third-order valence-electron chi connectivity index (χ3n) is 5.69. The standard InChI is InChI=1S/C26H28N4O3/c1-3-29-23-8-4-5-9-24(23)30(26(29)32)16-14-25(31)28-19(2)21-10-12-22(13-11-21)33-18-20-7-6-15-27-17-20/h4-13,15,17,19H,3,14,16,18H2,1-2H3,(H,28,31). The van der Waals surface area contributed by atoms with Crippen molar-refractivity contribution in [3.8, 4) is 5.75 Å². The normalized spacial score (nSPS) is 11.9. The number of amides is 1. The largest absolute Gasteiger partial charge is 0.489 e. The summed E-state index contributed by atoms with van der Waals surface area (Å²) in [4.78, 5) is 29.4. The van der Waals surface area contributed by atoms with Crippen molar-refractivity contribution in [2.75, 3.05) is 0 Å². The number of nitrogens with zero attached hydrogens (tertiary/aromatic N) is 3. The highest BCUT2D eigenvalue weighted by atomic mass is 16.5. The van der Waals surface area contributed by atoms with Crippen molar-refractivity contribution in [3.05, 3.63) is 94.7 Å². The van der Waals surface area contributed by atoms with Gasteiger partial charge < -0.3 is 10.1 Å². The quantitative estimate of drug-likeness (QED) is 0.422. The Bertz CT molecular complexity index is 1280. The van der Waals surface area contributed by atoms with Crippen LogP contribution in [0.15, 0.2) is 77.9 Å². The summed E-state index contributed by atoms with van der Waals surface area (Å²) < 4.78 is 9.20. The van der Waals surface area contributed by atoms with Crippen LogP contribution in [-0.4, -0.2) is 20.0 Å². The number of imidazole rings is 1. The lowest BCUT2D eigenvalue weighted by atomic mass is 10.1. The van der Waals surface area contributed by atoms with Crippen LogP contribution < -0.4 is 15.7 Å². The zero-order valence-electron chi connectivity index (χ0n) is 18.9. The number of rotatable bonds is 9. The fraction of sp³-hybridized carbons (Fsp3) is 0.269. The molecule has 7 heteroatoms. The number of aromatic nitrogens is 3. The van der Waals surface area contributed by atoms with Crippen LogP contribution in [0.3, 0.4) is 0 Å². The summed E-state index contributed by atoms with van der Waals surface area (Å²) in [6, 6.07) is 19.1. The van der Waals surface area contributed by atoms with Gasteiger partial charge in [0.2, 0.25) is 5.91 Å². The van der Waals surface area contributed by atoms with Gasteiger partial charge in [0.15, 0.2) is 0 Å². The Morgan fingerprint density at radius 2 is 1.76 bits per heavy atom. The van der Waals surface area contributed by atoms with E-state index < -0.39 is 0 Å². The molecule has 1 N–H and O–H groups in total. The number of hydrogen-bond donors (Lipinski definition) is 1. The topological polar surface area (TPSA) is 78.2 Å². The maximum atomic E-state index is 12.7. The molecule has 7 nitrogen and oxygen atoms in total. The molecule has 33 heavy (non-hydrogen) atoms. The highest BCUT2D eigenvalue weighted by Gasteiger charge is 2.14. The smallest absolute Gasteiger partial charge is 0.329 e. The first-order chi connectivity index (χ1) is 16.1. The van der Waals surface area contributed by atoms with E-state index in [1.54, 1.807) is 21.5 Å². The van der Waals surface area contributed by atoms with E-state index in [-0.39, 0.29) is 24.1 Å². The lowest BCUT2D eigenvalue weighted by molar-refractivity contribution is -0.121. The average Bonchev–Trinajstić information content (AvgIpc) is 3.12. The van der Waals surface area contributed by atoms with Crippen LogP contribution in [0, 0.1) is 0 Å². The molecular weight excluding hydrogens is 416 g/mol. The average molecular weight is 445 g/mol. The molecule has 1 amide bonds. The molecule has 0 spiro atoms. The summed E-state index contributed by atoms with van der Waals surface area (Å²) >= 11 is 0. The minimum absolute atomic E-state index is 0.0820. The molecule has 0 saturated carbocycles. The number of nitrogens with one attached hydrogen (secondary N) is 1. The van der Waals surface area contributed by atoms with E-state index in [9.17, 15) is 9.59 Å². The molecule has 0 fully saturated rings. The van der Waals surface area contributed by atoms with Crippen LogP contribution >= 0.6 is 0 Å². The van der Waals surface area contributed by atoms with Gasteiger partial charge in [-0.1, -0.05) is 30.3 Å². The lowest BCUT2D eigenvalue weighted by Crippen LogP contribution is -2.30. The minimum Gasteiger partial charge on any atom is -0.489 e. The third kappa shape index (κ3) is 5.14. The van der Waals surface area contributed by atoms with Crippen molar-refractivity contribution < 1.29 is 9.53 Å². The van der Waals surface area contributed by atoms with E-state index in [1.807, 2.05) is 74.5 Å². The first kappa shape index (κ1) is 22.3. The van der Waals surface area contributed by atoms with Crippen LogP contribution in [0.2, 0.25) is 0 Å². The highest BCUT2D eigenvalue weighted by molar-refractivity contribution is 5.78. The van der Waals surface area contributed by atoms with E-state index >= 15 is 0 Å². The summed E-state index contributed by atoms with van der Waals surface area (Å²) in [6.45, 7) is 5.27. The third-order valence-corrected chi connectivity index (χ3v) is 5.69. The Hall–Kier alpha value is -3.87. The van der Waals surface area contributed by atoms with E-state index in [4.69, 9.17) is 4.74 Å². The van der Waals surface area contributed by atoms with Gasteiger partial charge in [0.25, 0.3) is 0 Å². The number of carbonyl (C=O) groups excluding carboxylic acids is 1. The molecule has 0 radical (unpaired) electrons. The second-order valence-corrected chi connectivity index (χ2v) is 7.93. The van der Waals surface area contributed by atoms with Crippen molar-refractivity contribution >= 4 is 16.9 Å². The van der Waals surface area contributed by atoms with Crippen LogP contribution in [0.4, 0.5) is 0 Å². The van der Waals surface area contributed by atoms with E-state index in [1.165, 1.54) is 0 Å². The number of pyridine rings is 1. The Kier molecular flexibility index (Phi) is 6.88. The van der Waals surface area contributed by atoms with Crippen molar-refractivity contribution in [1.82, 2.24) is 19.4 Å². The molecule has 170 valence electrons. The number of fused-ring (bicyclic) bond motifs is 1. The van der Waals surface area contributed by atoms with Gasteiger partial charge in [-0.15, -0.1) is 0 Å². The fourth-order valence-corrected chi connectivity index (χ4v) is 3.91. The summed E-state index contributed by atoms with van der Waals surface area (Å²) in [5.41, 5.74) is 3.65. The van der Waals surface area contributed by atoms with E-state index in [0.29, 0.717) is 19.7 Å². The molecule has 0 aliphatic heterocycles. The summed E-state index contributed by atoms with van der Waals surface area (Å²) in [7, 11) is 0. The fourth-order valence-electron chi connectivity index (χ4n) is 3.91. The number of carbonyl (C=O) groups is 1. The maximum absolute atomic E-state index is 12.7. The zero-order chi connectivity index (χ0) is 23.2. The predicted octanol–water partition coefficient (Wildman–Crippen LogP) is 4.06. The Labute approximate surface area is 192 Å². The van der Waals surface area contributed by atoms with Crippen LogP contribution in [0.25, 0.3) is 11.0 Å². The maximum Gasteiger partial charge on any atom is 0.329 e. The van der Waals surface area contributed by atoms with Gasteiger partial charge in [-0.2, -0.15) is 0 Å². The molecule has 2 aromatic heterocycles. The molecule has 1 atom stereocenters. The minimum atomic E-state index is -0.154. The summed E-state index contributed by atoms with van der Waals surface area (Å²) in [5.74, 6) is 0.660. The molecule has 4 aromatic rings. The van der Waals surface area contributed by atoms with E-state index in [2.05, 4.69) is 10.3 Å². The van der Waals surface area contributed by atoms with Gasteiger partial charge in [-0.25, -0.2) is 4.79 Å². The second kappa shape index (κ2) is 10.2. The molecule has 0 aliphatic rings. The van der Waals surface area contributed by atoms with Gasteiger partial charge in [0.1, 0.15) is 12.4 Å². The van der Waals surface area contributed by atoms with Gasteiger partial charge in [-0.3, -0.25) is 18.9 Å². The number of aryl methyl sites for hydroxylation is 2. The Morgan fingerprint density at radius 1 is 1.03 bits per heavy atom. The van der Waals surface area contributed by atoms with Gasteiger partial charge >= 0.3 is 5.69 Å². The van der Waals surface area contributed by atoms with Crippen molar-refractivity contribution in [1.29, 1.82) is 0 Å². The van der Waals surface area contributed by atoms with E-state index in [0.717, 1.165) is 27.9 Å². The second-order valence-electron chi connectivity index (χ2n) is 7.93.